The van der Waals surface area contributed by atoms with Gasteiger partial charge in [-0.2, -0.15) is 5.10 Å². The number of carboxylic acid groups (broad SMARTS) is 1. The SMILES string of the molecule is CN(CCC(=O)O)C(=O)c1cccc2[nH]ncc12. The van der Waals surface area contributed by atoms with Crippen LogP contribution in [-0.2, 0) is 4.79 Å². The Morgan fingerprint density at radius 1 is 1.44 bits per heavy atom. The minimum atomic E-state index is -0.920. The van der Waals surface area contributed by atoms with Crippen LogP contribution in [0.25, 0.3) is 10.9 Å². The Bertz CT molecular complexity index is 591. The number of carboxylic acids is 1. The molecule has 0 bridgehead atoms. The summed E-state index contributed by atoms with van der Waals surface area (Å²) in [5.74, 6) is -1.13. The summed E-state index contributed by atoms with van der Waals surface area (Å²) in [6, 6.07) is 5.30. The van der Waals surface area contributed by atoms with Crippen LogP contribution >= 0.6 is 0 Å². The zero-order valence-corrected chi connectivity index (χ0v) is 9.88. The van der Waals surface area contributed by atoms with Gasteiger partial charge in [0.05, 0.1) is 23.7 Å². The lowest BCUT2D eigenvalue weighted by molar-refractivity contribution is -0.137. The van der Waals surface area contributed by atoms with Crippen molar-refractivity contribution in [2.45, 2.75) is 6.42 Å². The van der Waals surface area contributed by atoms with Gasteiger partial charge in [0, 0.05) is 19.0 Å². The van der Waals surface area contributed by atoms with Gasteiger partial charge in [0.2, 0.25) is 0 Å². The average molecular weight is 247 g/mol. The standard InChI is InChI=1S/C12H13N3O3/c1-15(6-5-11(16)17)12(18)8-3-2-4-10-9(8)7-13-14-10/h2-4,7H,5-6H2,1H3,(H,13,14)(H,16,17). The molecular weight excluding hydrogens is 234 g/mol. The monoisotopic (exact) mass is 247 g/mol. The number of carbonyl (C=O) groups is 2. The molecule has 0 saturated heterocycles. The molecule has 0 saturated carbocycles. The van der Waals surface area contributed by atoms with E-state index in [0.717, 1.165) is 10.9 Å². The lowest BCUT2D eigenvalue weighted by atomic mass is 10.1. The number of aliphatic carboxylic acids is 1. The molecule has 1 aromatic heterocycles. The van der Waals surface area contributed by atoms with Gasteiger partial charge in [-0.1, -0.05) is 6.07 Å². The molecule has 94 valence electrons. The van der Waals surface area contributed by atoms with E-state index in [4.69, 9.17) is 5.11 Å². The van der Waals surface area contributed by atoms with Gasteiger partial charge in [-0.3, -0.25) is 14.7 Å². The number of nitrogens with zero attached hydrogens (tertiary/aromatic N) is 2. The number of fused-ring (bicyclic) bond motifs is 1. The number of aromatic amines is 1. The fourth-order valence-electron chi connectivity index (χ4n) is 1.73. The molecule has 0 aliphatic rings. The molecule has 2 aromatic rings. The van der Waals surface area contributed by atoms with Crippen molar-refractivity contribution in [1.29, 1.82) is 0 Å². The van der Waals surface area contributed by atoms with E-state index in [2.05, 4.69) is 10.2 Å². The van der Waals surface area contributed by atoms with Gasteiger partial charge in [0.1, 0.15) is 0 Å². The maximum absolute atomic E-state index is 12.2. The van der Waals surface area contributed by atoms with Crippen LogP contribution in [0.15, 0.2) is 24.4 Å². The highest BCUT2D eigenvalue weighted by atomic mass is 16.4. The summed E-state index contributed by atoms with van der Waals surface area (Å²) in [6.07, 6.45) is 1.53. The fourth-order valence-corrected chi connectivity index (χ4v) is 1.73. The molecule has 1 aromatic carbocycles. The second-order valence-corrected chi connectivity index (χ2v) is 4.01. The first kappa shape index (κ1) is 12.1. The third-order valence-electron chi connectivity index (χ3n) is 2.72. The number of amides is 1. The molecule has 1 amide bonds. The fraction of sp³-hybridized carbons (Fsp3) is 0.250. The molecule has 2 rings (SSSR count). The lowest BCUT2D eigenvalue weighted by Crippen LogP contribution is -2.29. The van der Waals surface area contributed by atoms with Crippen LogP contribution in [0, 0.1) is 0 Å². The van der Waals surface area contributed by atoms with Crippen LogP contribution in [0.5, 0.6) is 0 Å². The van der Waals surface area contributed by atoms with Crippen molar-refractivity contribution in [3.05, 3.63) is 30.0 Å². The van der Waals surface area contributed by atoms with Gasteiger partial charge in [-0.05, 0) is 12.1 Å². The molecule has 1 heterocycles. The first-order valence-electron chi connectivity index (χ1n) is 5.49. The molecule has 0 atom stereocenters. The number of hydrogen-bond donors (Lipinski definition) is 2. The van der Waals surface area contributed by atoms with Gasteiger partial charge in [-0.25, -0.2) is 0 Å². The van der Waals surface area contributed by atoms with Gasteiger partial charge in [-0.15, -0.1) is 0 Å². The second kappa shape index (κ2) is 4.87. The zero-order valence-electron chi connectivity index (χ0n) is 9.88. The van der Waals surface area contributed by atoms with Crippen molar-refractivity contribution >= 4 is 22.8 Å². The highest BCUT2D eigenvalue weighted by Crippen LogP contribution is 2.17. The maximum atomic E-state index is 12.2. The molecule has 0 unspecified atom stereocenters. The summed E-state index contributed by atoms with van der Waals surface area (Å²) in [5.41, 5.74) is 1.31. The third-order valence-corrected chi connectivity index (χ3v) is 2.72. The Labute approximate surface area is 103 Å². The van der Waals surface area contributed by atoms with E-state index in [0.29, 0.717) is 5.56 Å². The molecule has 2 N–H and O–H groups in total. The van der Waals surface area contributed by atoms with Gasteiger partial charge in [0.15, 0.2) is 0 Å². The van der Waals surface area contributed by atoms with E-state index >= 15 is 0 Å². The molecule has 18 heavy (non-hydrogen) atoms. The quantitative estimate of drug-likeness (QED) is 0.847. The number of carbonyl (C=O) groups excluding carboxylic acids is 1. The average Bonchev–Trinajstić information content (AvgIpc) is 2.82. The van der Waals surface area contributed by atoms with E-state index < -0.39 is 5.97 Å². The van der Waals surface area contributed by atoms with Crippen molar-refractivity contribution in [3.63, 3.8) is 0 Å². The Balaban J connectivity index is 2.22. The number of benzene rings is 1. The predicted molar refractivity (Wildman–Crippen MR) is 65.3 cm³/mol. The van der Waals surface area contributed by atoms with Gasteiger partial charge < -0.3 is 10.0 Å². The van der Waals surface area contributed by atoms with Crippen LogP contribution in [0.4, 0.5) is 0 Å². The Kier molecular flexibility index (Phi) is 3.27. The number of nitrogens with one attached hydrogen (secondary N) is 1. The van der Waals surface area contributed by atoms with Gasteiger partial charge in [0.25, 0.3) is 5.91 Å². The summed E-state index contributed by atoms with van der Waals surface area (Å²) in [7, 11) is 1.59. The van der Waals surface area contributed by atoms with Crippen LogP contribution in [0.1, 0.15) is 16.8 Å². The lowest BCUT2D eigenvalue weighted by Gasteiger charge is -2.16. The van der Waals surface area contributed by atoms with Crippen molar-refractivity contribution in [2.24, 2.45) is 0 Å². The van der Waals surface area contributed by atoms with Crippen molar-refractivity contribution in [1.82, 2.24) is 15.1 Å². The molecule has 6 heteroatoms. The van der Waals surface area contributed by atoms with Gasteiger partial charge >= 0.3 is 5.97 Å². The summed E-state index contributed by atoms with van der Waals surface area (Å²) >= 11 is 0. The van der Waals surface area contributed by atoms with Crippen LogP contribution < -0.4 is 0 Å². The topological polar surface area (TPSA) is 86.3 Å². The number of hydrogen-bond acceptors (Lipinski definition) is 3. The highest BCUT2D eigenvalue weighted by Gasteiger charge is 2.15. The zero-order chi connectivity index (χ0) is 13.1. The molecule has 0 spiro atoms. The molecule has 0 radical (unpaired) electrons. The van der Waals surface area contributed by atoms with Crippen molar-refractivity contribution in [2.75, 3.05) is 13.6 Å². The predicted octanol–water partition coefficient (Wildman–Crippen LogP) is 1.11. The van der Waals surface area contributed by atoms with Crippen molar-refractivity contribution in [3.8, 4) is 0 Å². The van der Waals surface area contributed by atoms with Crippen LogP contribution in [0.3, 0.4) is 0 Å². The minimum Gasteiger partial charge on any atom is -0.481 e. The summed E-state index contributed by atoms with van der Waals surface area (Å²) < 4.78 is 0. The maximum Gasteiger partial charge on any atom is 0.305 e. The number of rotatable bonds is 4. The number of aromatic nitrogens is 2. The minimum absolute atomic E-state index is 0.0659. The second-order valence-electron chi connectivity index (χ2n) is 4.01. The molecule has 0 aliphatic heterocycles. The van der Waals surface area contributed by atoms with E-state index in [-0.39, 0.29) is 18.9 Å². The van der Waals surface area contributed by atoms with Crippen LogP contribution in [-0.4, -0.2) is 45.7 Å². The first-order valence-corrected chi connectivity index (χ1v) is 5.49. The largest absolute Gasteiger partial charge is 0.481 e. The summed E-state index contributed by atoms with van der Waals surface area (Å²) in [4.78, 5) is 24.0. The molecule has 0 aliphatic carbocycles. The first-order chi connectivity index (χ1) is 8.59. The Hall–Kier alpha value is -2.37. The normalized spacial score (nSPS) is 10.5. The van der Waals surface area contributed by atoms with Crippen molar-refractivity contribution < 1.29 is 14.7 Å². The molecular formula is C12H13N3O3. The third kappa shape index (κ3) is 2.32. The molecule has 0 fully saturated rings. The number of H-pyrrole nitrogens is 1. The highest BCUT2D eigenvalue weighted by molar-refractivity contribution is 6.05. The van der Waals surface area contributed by atoms with E-state index in [9.17, 15) is 9.59 Å². The Morgan fingerprint density at radius 2 is 2.22 bits per heavy atom. The smallest absolute Gasteiger partial charge is 0.305 e. The van der Waals surface area contributed by atoms with E-state index in [1.807, 2.05) is 6.07 Å². The summed E-state index contributed by atoms with van der Waals surface area (Å²) in [5, 5.41) is 16.0. The molecule has 6 nitrogen and oxygen atoms in total. The van der Waals surface area contributed by atoms with E-state index in [1.165, 1.54) is 4.90 Å². The Morgan fingerprint density at radius 3 is 2.94 bits per heavy atom. The van der Waals surface area contributed by atoms with Crippen LogP contribution in [0.2, 0.25) is 0 Å². The summed E-state index contributed by atoms with van der Waals surface area (Å²) in [6.45, 7) is 0.183. The van der Waals surface area contributed by atoms with E-state index in [1.54, 1.807) is 25.4 Å².